The third-order valence-electron chi connectivity index (χ3n) is 3.44. The molecular weight excluding hydrogens is 258 g/mol. The Morgan fingerprint density at radius 2 is 1.90 bits per heavy atom. The number of anilines is 1. The van der Waals surface area contributed by atoms with Gasteiger partial charge in [-0.1, -0.05) is 13.8 Å². The topological polar surface area (TPSA) is 82.5 Å². The van der Waals surface area contributed by atoms with Crippen LogP contribution in [-0.4, -0.2) is 41.6 Å². The van der Waals surface area contributed by atoms with Crippen LogP contribution in [0.4, 0.5) is 5.82 Å². The van der Waals surface area contributed by atoms with Gasteiger partial charge in [0.2, 0.25) is 0 Å². The van der Waals surface area contributed by atoms with E-state index in [0.717, 1.165) is 5.82 Å². The molecule has 1 amide bonds. The number of aliphatic carboxylic acids is 1. The van der Waals surface area contributed by atoms with Crippen LogP contribution in [0.15, 0.2) is 18.3 Å². The number of carboxylic acid groups (broad SMARTS) is 1. The van der Waals surface area contributed by atoms with E-state index in [1.165, 1.54) is 6.20 Å². The van der Waals surface area contributed by atoms with Crippen molar-refractivity contribution >= 4 is 17.7 Å². The van der Waals surface area contributed by atoms with Crippen molar-refractivity contribution in [3.8, 4) is 0 Å². The summed E-state index contributed by atoms with van der Waals surface area (Å²) in [5.41, 5.74) is -0.875. The van der Waals surface area contributed by atoms with Crippen molar-refractivity contribution in [3.63, 3.8) is 0 Å². The summed E-state index contributed by atoms with van der Waals surface area (Å²) in [6.07, 6.45) is 2.10. The minimum absolute atomic E-state index is 0.327. The van der Waals surface area contributed by atoms with Crippen LogP contribution in [0.5, 0.6) is 0 Å². The number of pyridine rings is 1. The quantitative estimate of drug-likeness (QED) is 0.825. The molecule has 0 bridgehead atoms. The van der Waals surface area contributed by atoms with Gasteiger partial charge in [0.15, 0.2) is 0 Å². The number of rotatable bonds is 6. The van der Waals surface area contributed by atoms with Gasteiger partial charge >= 0.3 is 5.97 Å². The second-order valence-corrected chi connectivity index (χ2v) is 4.85. The number of carbonyl (C=O) groups excluding carboxylic acids is 1. The molecule has 0 aromatic carbocycles. The molecular formula is C14H21N3O3. The van der Waals surface area contributed by atoms with Crippen molar-refractivity contribution in [2.45, 2.75) is 32.2 Å². The molecule has 0 aliphatic rings. The molecule has 0 fully saturated rings. The zero-order valence-corrected chi connectivity index (χ0v) is 12.3. The van der Waals surface area contributed by atoms with Gasteiger partial charge in [-0.2, -0.15) is 0 Å². The van der Waals surface area contributed by atoms with Crippen LogP contribution >= 0.6 is 0 Å². The van der Waals surface area contributed by atoms with Gasteiger partial charge < -0.3 is 15.3 Å². The van der Waals surface area contributed by atoms with E-state index in [-0.39, 0.29) is 0 Å². The minimum Gasteiger partial charge on any atom is -0.480 e. The van der Waals surface area contributed by atoms with Gasteiger partial charge in [-0.15, -0.1) is 0 Å². The van der Waals surface area contributed by atoms with Gasteiger partial charge in [0.1, 0.15) is 11.4 Å². The third-order valence-corrected chi connectivity index (χ3v) is 3.44. The predicted molar refractivity (Wildman–Crippen MR) is 77.0 cm³/mol. The van der Waals surface area contributed by atoms with Crippen LogP contribution in [0.1, 0.15) is 37.0 Å². The summed E-state index contributed by atoms with van der Waals surface area (Å²) in [5.74, 6) is -0.709. The van der Waals surface area contributed by atoms with Crippen LogP contribution in [0.3, 0.4) is 0 Å². The number of hydrogen-bond donors (Lipinski definition) is 2. The number of hydrogen-bond acceptors (Lipinski definition) is 4. The van der Waals surface area contributed by atoms with Crippen molar-refractivity contribution in [1.29, 1.82) is 0 Å². The maximum absolute atomic E-state index is 12.1. The van der Waals surface area contributed by atoms with Gasteiger partial charge in [-0.25, -0.2) is 9.78 Å². The molecule has 0 radical (unpaired) electrons. The summed E-state index contributed by atoms with van der Waals surface area (Å²) in [4.78, 5) is 29.5. The van der Waals surface area contributed by atoms with Crippen molar-refractivity contribution in [3.05, 3.63) is 23.9 Å². The van der Waals surface area contributed by atoms with E-state index < -0.39 is 17.4 Å². The number of nitrogens with one attached hydrogen (secondary N) is 1. The van der Waals surface area contributed by atoms with E-state index in [4.69, 9.17) is 0 Å². The molecule has 0 aliphatic carbocycles. The van der Waals surface area contributed by atoms with Gasteiger partial charge in [-0.05, 0) is 25.0 Å². The summed E-state index contributed by atoms with van der Waals surface area (Å²) in [6.45, 7) is 3.48. The first kappa shape index (κ1) is 15.9. The molecule has 1 aromatic heterocycles. The van der Waals surface area contributed by atoms with Crippen molar-refractivity contribution in [2.24, 2.45) is 0 Å². The normalized spacial score (nSPS) is 11.0. The smallest absolute Gasteiger partial charge is 0.329 e. The number of aromatic nitrogens is 1. The van der Waals surface area contributed by atoms with Crippen LogP contribution in [0.2, 0.25) is 0 Å². The first-order valence-corrected chi connectivity index (χ1v) is 6.55. The second-order valence-electron chi connectivity index (χ2n) is 4.85. The molecule has 1 rings (SSSR count). The van der Waals surface area contributed by atoms with Gasteiger partial charge in [0, 0.05) is 20.3 Å². The highest BCUT2D eigenvalue weighted by Gasteiger charge is 2.36. The average Bonchev–Trinajstić information content (AvgIpc) is 2.44. The molecule has 2 N–H and O–H groups in total. The molecule has 1 aromatic rings. The maximum atomic E-state index is 12.1. The van der Waals surface area contributed by atoms with Crippen LogP contribution in [-0.2, 0) is 4.79 Å². The molecule has 0 spiro atoms. The molecule has 110 valence electrons. The van der Waals surface area contributed by atoms with Gasteiger partial charge in [0.05, 0.1) is 5.56 Å². The summed E-state index contributed by atoms with van der Waals surface area (Å²) in [5, 5.41) is 11.9. The number of carbonyl (C=O) groups is 2. The van der Waals surface area contributed by atoms with E-state index in [0.29, 0.717) is 18.4 Å². The van der Waals surface area contributed by atoms with Crippen LogP contribution in [0, 0.1) is 0 Å². The Bertz CT molecular complexity index is 479. The van der Waals surface area contributed by atoms with Crippen molar-refractivity contribution < 1.29 is 14.7 Å². The monoisotopic (exact) mass is 279 g/mol. The molecule has 1 heterocycles. The maximum Gasteiger partial charge on any atom is 0.329 e. The Kier molecular flexibility index (Phi) is 5.07. The summed E-state index contributed by atoms with van der Waals surface area (Å²) < 4.78 is 0. The summed E-state index contributed by atoms with van der Waals surface area (Å²) in [7, 11) is 3.71. The average molecular weight is 279 g/mol. The first-order chi connectivity index (χ1) is 9.36. The Balaban J connectivity index is 2.92. The van der Waals surface area contributed by atoms with E-state index in [1.54, 1.807) is 26.0 Å². The largest absolute Gasteiger partial charge is 0.480 e. The van der Waals surface area contributed by atoms with Crippen LogP contribution in [0.25, 0.3) is 0 Å². The zero-order valence-electron chi connectivity index (χ0n) is 12.3. The number of carboxylic acids is 1. The van der Waals surface area contributed by atoms with Gasteiger partial charge in [0.25, 0.3) is 5.91 Å². The van der Waals surface area contributed by atoms with Crippen molar-refractivity contribution in [2.75, 3.05) is 19.0 Å². The molecule has 0 atom stereocenters. The molecule has 0 saturated heterocycles. The zero-order chi connectivity index (χ0) is 15.3. The van der Waals surface area contributed by atoms with Gasteiger partial charge in [-0.3, -0.25) is 4.79 Å². The standard InChI is InChI=1S/C14H21N3O3/c1-5-14(6-2,13(19)20)16-12(18)10-7-8-11(15-9-10)17(3)4/h7-9H,5-6H2,1-4H3,(H,16,18)(H,19,20). The molecule has 6 heteroatoms. The second kappa shape index (κ2) is 6.36. The lowest BCUT2D eigenvalue weighted by molar-refractivity contribution is -0.144. The van der Waals surface area contributed by atoms with Crippen LogP contribution < -0.4 is 10.2 Å². The molecule has 0 unspecified atom stereocenters. The minimum atomic E-state index is -1.22. The van der Waals surface area contributed by atoms with E-state index in [1.807, 2.05) is 19.0 Å². The Morgan fingerprint density at radius 1 is 1.30 bits per heavy atom. The molecule has 0 aliphatic heterocycles. The Morgan fingerprint density at radius 3 is 2.25 bits per heavy atom. The first-order valence-electron chi connectivity index (χ1n) is 6.55. The Labute approximate surface area is 118 Å². The highest BCUT2D eigenvalue weighted by atomic mass is 16.4. The number of nitrogens with zero attached hydrogens (tertiary/aromatic N) is 2. The third kappa shape index (κ3) is 3.26. The summed E-state index contributed by atoms with van der Waals surface area (Å²) in [6, 6.07) is 3.35. The lowest BCUT2D eigenvalue weighted by Gasteiger charge is -2.28. The molecule has 6 nitrogen and oxygen atoms in total. The number of amides is 1. The predicted octanol–water partition coefficient (Wildman–Crippen LogP) is 1.52. The fourth-order valence-corrected chi connectivity index (χ4v) is 1.86. The lowest BCUT2D eigenvalue weighted by atomic mass is 9.92. The van der Waals surface area contributed by atoms with E-state index >= 15 is 0 Å². The van der Waals surface area contributed by atoms with Crippen molar-refractivity contribution in [1.82, 2.24) is 10.3 Å². The van der Waals surface area contributed by atoms with E-state index in [9.17, 15) is 14.7 Å². The van der Waals surface area contributed by atoms with E-state index in [2.05, 4.69) is 10.3 Å². The fraction of sp³-hybridized carbons (Fsp3) is 0.500. The lowest BCUT2D eigenvalue weighted by Crippen LogP contribution is -2.53. The molecule has 0 saturated carbocycles. The SMILES string of the molecule is CCC(CC)(NC(=O)c1ccc(N(C)C)nc1)C(=O)O. The summed E-state index contributed by atoms with van der Waals surface area (Å²) >= 11 is 0. The highest BCUT2D eigenvalue weighted by Crippen LogP contribution is 2.17. The molecule has 20 heavy (non-hydrogen) atoms. The highest BCUT2D eigenvalue weighted by molar-refractivity contribution is 5.97. The Hall–Kier alpha value is -2.11. The fourth-order valence-electron chi connectivity index (χ4n) is 1.86.